The highest BCUT2D eigenvalue weighted by Crippen LogP contribution is 2.40. The normalized spacial score (nSPS) is 16.2. The Morgan fingerprint density at radius 1 is 1.07 bits per heavy atom. The van der Waals surface area contributed by atoms with Gasteiger partial charge in [-0.2, -0.15) is 0 Å². The molecular weight excluding hydrogens is 576 g/mol. The van der Waals surface area contributed by atoms with Crippen LogP contribution in [0.25, 0.3) is 5.00 Å². The number of amides is 2. The van der Waals surface area contributed by atoms with Crippen molar-refractivity contribution in [3.8, 4) is 16.8 Å². The average molecular weight is 603 g/mol. The van der Waals surface area contributed by atoms with Gasteiger partial charge in [0.15, 0.2) is 5.82 Å². The van der Waals surface area contributed by atoms with E-state index in [2.05, 4.69) is 27.0 Å². The summed E-state index contributed by atoms with van der Waals surface area (Å²) in [6.45, 7) is 5.14. The average Bonchev–Trinajstić information content (AvgIpc) is 3.64. The standard InChI is InChI=1S/C29H27ClN8O3S/c1-17-23(9-8-21-15-31-16-35(21)3)42-28-25(17)26(19-4-6-20(30)7-5-19)32-22(27-34-33-18(2)38(27)28)14-24(39)36-10-12-37(13-11-36)29(40)41/h4-7,15-16,22H,10-14H2,1-3H3,(H,40,41)/t22-/m0/s1. The summed E-state index contributed by atoms with van der Waals surface area (Å²) in [6, 6.07) is 6.88. The van der Waals surface area contributed by atoms with Crippen LogP contribution in [0.3, 0.4) is 0 Å². The number of hydrogen-bond donors (Lipinski definition) is 1. The van der Waals surface area contributed by atoms with Crippen LogP contribution in [0, 0.1) is 25.7 Å². The Labute approximate surface area is 251 Å². The molecule has 0 radical (unpaired) electrons. The summed E-state index contributed by atoms with van der Waals surface area (Å²) in [4.78, 5) is 38.1. The van der Waals surface area contributed by atoms with Gasteiger partial charge in [-0.25, -0.2) is 9.78 Å². The molecule has 1 saturated heterocycles. The highest BCUT2D eigenvalue weighted by Gasteiger charge is 2.34. The summed E-state index contributed by atoms with van der Waals surface area (Å²) in [6.07, 6.45) is 2.54. The third-order valence-corrected chi connectivity index (χ3v) is 8.95. The molecule has 3 aromatic heterocycles. The van der Waals surface area contributed by atoms with E-state index >= 15 is 0 Å². The highest BCUT2D eigenvalue weighted by molar-refractivity contribution is 7.15. The van der Waals surface area contributed by atoms with Crippen molar-refractivity contribution < 1.29 is 14.7 Å². The molecule has 6 rings (SSSR count). The fraction of sp³-hybridized carbons (Fsp3) is 0.310. The lowest BCUT2D eigenvalue weighted by molar-refractivity contribution is -0.133. The Morgan fingerprint density at radius 2 is 1.79 bits per heavy atom. The van der Waals surface area contributed by atoms with Gasteiger partial charge in [-0.15, -0.1) is 21.5 Å². The van der Waals surface area contributed by atoms with Crippen molar-refractivity contribution in [3.05, 3.63) is 80.7 Å². The van der Waals surface area contributed by atoms with E-state index in [0.717, 1.165) is 38.0 Å². The van der Waals surface area contributed by atoms with Crippen molar-refractivity contribution in [1.29, 1.82) is 0 Å². The second kappa shape index (κ2) is 11.1. The zero-order valence-electron chi connectivity index (χ0n) is 23.2. The highest BCUT2D eigenvalue weighted by atomic mass is 35.5. The minimum Gasteiger partial charge on any atom is -0.465 e. The number of aliphatic imine (C=N–C) groups is 1. The van der Waals surface area contributed by atoms with Crippen LogP contribution >= 0.6 is 22.9 Å². The third-order valence-electron chi connectivity index (χ3n) is 7.51. The molecule has 2 aliphatic rings. The van der Waals surface area contributed by atoms with Gasteiger partial charge in [0, 0.05) is 49.4 Å². The van der Waals surface area contributed by atoms with Crippen molar-refractivity contribution >= 4 is 40.6 Å². The molecule has 42 heavy (non-hydrogen) atoms. The lowest BCUT2D eigenvalue weighted by Gasteiger charge is -2.33. The fourth-order valence-corrected chi connectivity index (χ4v) is 6.53. The number of benzene rings is 1. The molecule has 1 atom stereocenters. The number of aromatic nitrogens is 5. The van der Waals surface area contributed by atoms with Gasteiger partial charge in [0.25, 0.3) is 0 Å². The molecule has 0 unspecified atom stereocenters. The molecule has 4 aromatic rings. The van der Waals surface area contributed by atoms with Gasteiger partial charge in [0.05, 0.1) is 29.5 Å². The lowest BCUT2D eigenvalue weighted by atomic mass is 9.99. The van der Waals surface area contributed by atoms with Crippen molar-refractivity contribution in [2.24, 2.45) is 12.0 Å². The van der Waals surface area contributed by atoms with Gasteiger partial charge in [0.2, 0.25) is 5.91 Å². The van der Waals surface area contributed by atoms with Crippen LogP contribution in [0.2, 0.25) is 5.02 Å². The predicted molar refractivity (Wildman–Crippen MR) is 159 cm³/mol. The number of hydrogen-bond acceptors (Lipinski definition) is 7. The Balaban J connectivity index is 1.44. The number of piperazine rings is 1. The number of carbonyl (C=O) groups is 2. The monoisotopic (exact) mass is 602 g/mol. The molecule has 0 aliphatic carbocycles. The summed E-state index contributed by atoms with van der Waals surface area (Å²) in [5, 5.41) is 19.7. The maximum absolute atomic E-state index is 13.5. The van der Waals surface area contributed by atoms with Crippen LogP contribution in [-0.4, -0.2) is 83.1 Å². The molecule has 1 aromatic carbocycles. The Bertz CT molecular complexity index is 1780. The largest absolute Gasteiger partial charge is 0.465 e. The molecule has 214 valence electrons. The zero-order valence-corrected chi connectivity index (χ0v) is 24.8. The number of carboxylic acid groups (broad SMARTS) is 1. The summed E-state index contributed by atoms with van der Waals surface area (Å²) in [5.74, 6) is 7.69. The van der Waals surface area contributed by atoms with Gasteiger partial charge in [-0.05, 0) is 43.4 Å². The number of aryl methyl sites for hydroxylation is 2. The van der Waals surface area contributed by atoms with Crippen LogP contribution in [0.4, 0.5) is 4.79 Å². The van der Waals surface area contributed by atoms with Crippen LogP contribution in [0.5, 0.6) is 0 Å². The fourth-order valence-electron chi connectivity index (χ4n) is 5.18. The summed E-state index contributed by atoms with van der Waals surface area (Å²) in [7, 11) is 1.90. The molecule has 0 spiro atoms. The van der Waals surface area contributed by atoms with Crippen LogP contribution in [0.1, 0.15) is 51.4 Å². The number of thiophene rings is 1. The third kappa shape index (κ3) is 5.06. The van der Waals surface area contributed by atoms with E-state index in [1.165, 1.54) is 16.2 Å². The number of carbonyl (C=O) groups excluding carboxylic acids is 1. The Kier molecular flexibility index (Phi) is 7.30. The number of imidazole rings is 1. The molecule has 2 amide bonds. The molecule has 1 fully saturated rings. The first kappa shape index (κ1) is 27.7. The van der Waals surface area contributed by atoms with Gasteiger partial charge in [0.1, 0.15) is 22.6 Å². The number of fused-ring (bicyclic) bond motifs is 3. The molecule has 2 aliphatic heterocycles. The van der Waals surface area contributed by atoms with Crippen LogP contribution in [0.15, 0.2) is 41.8 Å². The summed E-state index contributed by atoms with van der Waals surface area (Å²) in [5.41, 5.74) is 4.26. The molecular formula is C29H27ClN8O3S. The smallest absolute Gasteiger partial charge is 0.407 e. The minimum atomic E-state index is -0.974. The summed E-state index contributed by atoms with van der Waals surface area (Å²) >= 11 is 7.77. The van der Waals surface area contributed by atoms with E-state index in [-0.39, 0.29) is 25.4 Å². The van der Waals surface area contributed by atoms with E-state index in [0.29, 0.717) is 29.8 Å². The number of halogens is 1. The first-order chi connectivity index (χ1) is 20.2. The van der Waals surface area contributed by atoms with Gasteiger partial charge >= 0.3 is 6.09 Å². The maximum Gasteiger partial charge on any atom is 0.407 e. The summed E-state index contributed by atoms with van der Waals surface area (Å²) < 4.78 is 3.85. The zero-order chi connectivity index (χ0) is 29.5. The SMILES string of the molecule is Cc1c(C#Cc2cncn2C)sc2c1C(c1ccc(Cl)cc1)=N[C@@H](CC(=O)N1CCN(C(=O)O)CC1)c1nnc(C)n1-2. The Hall–Kier alpha value is -4.47. The second-order valence-electron chi connectivity index (χ2n) is 10.2. The van der Waals surface area contributed by atoms with Crippen LogP contribution < -0.4 is 0 Å². The maximum atomic E-state index is 13.5. The van der Waals surface area contributed by atoms with E-state index in [1.807, 2.05) is 54.3 Å². The quantitative estimate of drug-likeness (QED) is 0.356. The van der Waals surface area contributed by atoms with Gasteiger partial charge in [-0.3, -0.25) is 14.4 Å². The van der Waals surface area contributed by atoms with E-state index in [4.69, 9.17) is 16.6 Å². The Morgan fingerprint density at radius 3 is 2.45 bits per heavy atom. The van der Waals surface area contributed by atoms with Crippen LogP contribution in [-0.2, 0) is 11.8 Å². The van der Waals surface area contributed by atoms with Crippen molar-refractivity contribution in [1.82, 2.24) is 34.1 Å². The van der Waals surface area contributed by atoms with Crippen molar-refractivity contribution in [2.75, 3.05) is 26.2 Å². The minimum absolute atomic E-state index is 0.0729. The molecule has 0 saturated carbocycles. The number of nitrogens with zero attached hydrogens (tertiary/aromatic N) is 8. The molecule has 5 heterocycles. The molecule has 13 heteroatoms. The first-order valence-electron chi connectivity index (χ1n) is 13.3. The number of rotatable bonds is 3. The second-order valence-corrected chi connectivity index (χ2v) is 11.6. The first-order valence-corrected chi connectivity index (χ1v) is 14.5. The lowest BCUT2D eigenvalue weighted by Crippen LogP contribution is -2.50. The topological polar surface area (TPSA) is 122 Å². The predicted octanol–water partition coefficient (Wildman–Crippen LogP) is 3.84. The molecule has 0 bridgehead atoms. The molecule has 11 nitrogen and oxygen atoms in total. The van der Waals surface area contributed by atoms with Gasteiger partial charge in [-0.1, -0.05) is 23.7 Å². The van der Waals surface area contributed by atoms with Gasteiger partial charge < -0.3 is 19.5 Å². The van der Waals surface area contributed by atoms with Crippen molar-refractivity contribution in [3.63, 3.8) is 0 Å². The van der Waals surface area contributed by atoms with E-state index < -0.39 is 12.1 Å². The van der Waals surface area contributed by atoms with E-state index in [9.17, 15) is 14.7 Å². The van der Waals surface area contributed by atoms with Crippen molar-refractivity contribution in [2.45, 2.75) is 26.3 Å². The molecule has 1 N–H and O–H groups in total. The van der Waals surface area contributed by atoms with E-state index in [1.54, 1.807) is 17.4 Å².